The molecule has 1 heterocycles. The average molecular weight is 176 g/mol. The Labute approximate surface area is 77.6 Å². The van der Waals surface area contributed by atoms with Crippen LogP contribution >= 0.6 is 0 Å². The summed E-state index contributed by atoms with van der Waals surface area (Å²) in [6.07, 6.45) is 2.55. The number of nitrogens with two attached hydrogens (primary N) is 1. The van der Waals surface area contributed by atoms with Crippen LogP contribution in [0, 0.1) is 0 Å². The standard InChI is InChI=1S/C11H13NO/c13-8-1-2-9-10(6-8)7-3-4-12-11(9)5-7/h1-2,6-7,11-13H,3-5H2/p+1. The molecule has 13 heavy (non-hydrogen) atoms. The van der Waals surface area contributed by atoms with Gasteiger partial charge in [-0.3, -0.25) is 0 Å². The summed E-state index contributed by atoms with van der Waals surface area (Å²) in [7, 11) is 0. The SMILES string of the molecule is Oc1ccc2c(c1)C1CC[NH2+]C2C1. The van der Waals surface area contributed by atoms with Gasteiger partial charge in [0.05, 0.1) is 6.54 Å². The third-order valence-electron chi connectivity index (χ3n) is 3.41. The van der Waals surface area contributed by atoms with Crippen molar-refractivity contribution >= 4 is 0 Å². The molecule has 2 nitrogen and oxygen atoms in total. The van der Waals surface area contributed by atoms with Crippen molar-refractivity contribution in [1.82, 2.24) is 0 Å². The Morgan fingerprint density at radius 1 is 1.31 bits per heavy atom. The quantitative estimate of drug-likeness (QED) is 0.605. The Bertz CT molecular complexity index is 348. The van der Waals surface area contributed by atoms with Gasteiger partial charge in [0.1, 0.15) is 11.8 Å². The molecule has 2 heteroatoms. The van der Waals surface area contributed by atoms with Gasteiger partial charge < -0.3 is 10.4 Å². The zero-order valence-electron chi connectivity index (χ0n) is 7.53. The molecule has 0 saturated carbocycles. The highest BCUT2D eigenvalue weighted by Gasteiger charge is 2.36. The van der Waals surface area contributed by atoms with Gasteiger partial charge in [0, 0.05) is 18.4 Å². The van der Waals surface area contributed by atoms with Crippen molar-refractivity contribution in [3.63, 3.8) is 0 Å². The molecule has 0 aromatic heterocycles. The van der Waals surface area contributed by atoms with Gasteiger partial charge in [0.25, 0.3) is 0 Å². The van der Waals surface area contributed by atoms with E-state index in [1.807, 2.05) is 12.1 Å². The lowest BCUT2D eigenvalue weighted by Gasteiger charge is -2.16. The first-order valence-corrected chi connectivity index (χ1v) is 5.01. The summed E-state index contributed by atoms with van der Waals surface area (Å²) in [5.74, 6) is 1.14. The van der Waals surface area contributed by atoms with E-state index in [-0.39, 0.29) is 0 Å². The highest BCUT2D eigenvalue weighted by molar-refractivity contribution is 5.42. The second kappa shape index (κ2) is 2.48. The Kier molecular flexibility index (Phi) is 1.41. The van der Waals surface area contributed by atoms with Crippen LogP contribution in [0.1, 0.15) is 35.9 Å². The molecular formula is C11H14NO+. The number of quaternary nitrogens is 1. The molecule has 0 amide bonds. The van der Waals surface area contributed by atoms with Gasteiger partial charge in [-0.25, -0.2) is 0 Å². The Hall–Kier alpha value is -1.02. The van der Waals surface area contributed by atoms with Gasteiger partial charge in [-0.15, -0.1) is 0 Å². The van der Waals surface area contributed by atoms with Gasteiger partial charge in [-0.2, -0.15) is 0 Å². The fourth-order valence-corrected chi connectivity index (χ4v) is 2.81. The van der Waals surface area contributed by atoms with Crippen molar-refractivity contribution in [1.29, 1.82) is 0 Å². The molecule has 0 radical (unpaired) electrons. The molecule has 1 fully saturated rings. The summed E-state index contributed by atoms with van der Waals surface area (Å²) in [4.78, 5) is 0. The van der Waals surface area contributed by atoms with Crippen LogP contribution < -0.4 is 5.32 Å². The molecule has 1 saturated heterocycles. The summed E-state index contributed by atoms with van der Waals surface area (Å²) in [5.41, 5.74) is 2.86. The van der Waals surface area contributed by atoms with E-state index in [4.69, 9.17) is 0 Å². The molecule has 1 aliphatic heterocycles. The number of phenolic OH excluding ortho intramolecular Hbond substituents is 1. The molecule has 2 unspecified atom stereocenters. The van der Waals surface area contributed by atoms with E-state index in [0.717, 1.165) is 5.92 Å². The monoisotopic (exact) mass is 176 g/mol. The van der Waals surface area contributed by atoms with Crippen LogP contribution in [0.25, 0.3) is 0 Å². The van der Waals surface area contributed by atoms with Gasteiger partial charge in [-0.1, -0.05) is 0 Å². The molecular weight excluding hydrogens is 162 g/mol. The number of fused-ring (bicyclic) bond motifs is 5. The molecule has 1 aromatic rings. The molecule has 2 aliphatic rings. The molecule has 1 aromatic carbocycles. The minimum absolute atomic E-state index is 0.423. The van der Waals surface area contributed by atoms with Crippen LogP contribution in [0.5, 0.6) is 5.75 Å². The molecule has 0 spiro atoms. The number of aromatic hydroxyl groups is 1. The molecule has 2 atom stereocenters. The largest absolute Gasteiger partial charge is 0.508 e. The topological polar surface area (TPSA) is 36.8 Å². The maximum atomic E-state index is 9.41. The van der Waals surface area contributed by atoms with Crippen LogP contribution in [-0.4, -0.2) is 11.7 Å². The maximum Gasteiger partial charge on any atom is 0.115 e. The fourth-order valence-electron chi connectivity index (χ4n) is 2.81. The Morgan fingerprint density at radius 2 is 2.23 bits per heavy atom. The number of hydrogen-bond donors (Lipinski definition) is 2. The van der Waals surface area contributed by atoms with E-state index >= 15 is 0 Å². The third kappa shape index (κ3) is 0.985. The first-order valence-electron chi connectivity index (χ1n) is 5.01. The highest BCUT2D eigenvalue weighted by Crippen LogP contribution is 2.42. The van der Waals surface area contributed by atoms with Crippen LogP contribution in [0.2, 0.25) is 0 Å². The third-order valence-corrected chi connectivity index (χ3v) is 3.41. The van der Waals surface area contributed by atoms with Gasteiger partial charge in [0.2, 0.25) is 0 Å². The second-order valence-electron chi connectivity index (χ2n) is 4.17. The number of hydrogen-bond acceptors (Lipinski definition) is 1. The minimum Gasteiger partial charge on any atom is -0.508 e. The van der Waals surface area contributed by atoms with E-state index < -0.39 is 0 Å². The zero-order valence-corrected chi connectivity index (χ0v) is 7.53. The predicted molar refractivity (Wildman–Crippen MR) is 49.6 cm³/mol. The summed E-state index contributed by atoms with van der Waals surface area (Å²) in [5, 5.41) is 11.8. The van der Waals surface area contributed by atoms with E-state index in [1.54, 1.807) is 0 Å². The van der Waals surface area contributed by atoms with Crippen LogP contribution in [0.15, 0.2) is 18.2 Å². The summed E-state index contributed by atoms with van der Waals surface area (Å²) >= 11 is 0. The summed E-state index contributed by atoms with van der Waals surface area (Å²) in [6, 6.07) is 6.54. The zero-order chi connectivity index (χ0) is 8.84. The van der Waals surface area contributed by atoms with Crippen molar-refractivity contribution in [2.45, 2.75) is 24.8 Å². The second-order valence-corrected chi connectivity index (χ2v) is 4.17. The Morgan fingerprint density at radius 3 is 3.15 bits per heavy atom. The van der Waals surface area contributed by atoms with Crippen molar-refractivity contribution in [2.24, 2.45) is 0 Å². The lowest BCUT2D eigenvalue weighted by molar-refractivity contribution is -0.702. The number of rotatable bonds is 0. The molecule has 68 valence electrons. The van der Waals surface area contributed by atoms with Crippen LogP contribution in [0.4, 0.5) is 0 Å². The van der Waals surface area contributed by atoms with Crippen LogP contribution in [0.3, 0.4) is 0 Å². The lowest BCUT2D eigenvalue weighted by Crippen LogP contribution is -2.86. The first-order chi connectivity index (χ1) is 6.34. The summed E-state index contributed by atoms with van der Waals surface area (Å²) < 4.78 is 0. The number of benzene rings is 1. The molecule has 3 rings (SSSR count). The number of piperidine rings is 1. The van der Waals surface area contributed by atoms with E-state index in [1.165, 1.54) is 30.5 Å². The lowest BCUT2D eigenvalue weighted by atomic mass is 9.96. The smallest absolute Gasteiger partial charge is 0.115 e. The first kappa shape index (κ1) is 7.39. The highest BCUT2D eigenvalue weighted by atomic mass is 16.3. The van der Waals surface area contributed by atoms with Crippen molar-refractivity contribution in [3.05, 3.63) is 29.3 Å². The summed E-state index contributed by atoms with van der Waals surface area (Å²) in [6.45, 7) is 1.24. The minimum atomic E-state index is 0.423. The molecule has 1 aliphatic carbocycles. The number of phenols is 1. The molecule has 2 bridgehead atoms. The maximum absolute atomic E-state index is 9.41. The van der Waals surface area contributed by atoms with Crippen molar-refractivity contribution in [2.75, 3.05) is 6.54 Å². The Balaban J connectivity index is 2.15. The van der Waals surface area contributed by atoms with Crippen molar-refractivity contribution in [3.8, 4) is 5.75 Å². The fraction of sp³-hybridized carbons (Fsp3) is 0.455. The predicted octanol–water partition coefficient (Wildman–Crippen LogP) is 0.888. The van der Waals surface area contributed by atoms with Crippen molar-refractivity contribution < 1.29 is 10.4 Å². The van der Waals surface area contributed by atoms with Gasteiger partial charge in [0.15, 0.2) is 0 Å². The average Bonchev–Trinajstić information content (AvgIpc) is 2.39. The van der Waals surface area contributed by atoms with E-state index in [2.05, 4.69) is 11.4 Å². The van der Waals surface area contributed by atoms with Gasteiger partial charge >= 0.3 is 0 Å². The molecule has 3 N–H and O–H groups in total. The van der Waals surface area contributed by atoms with E-state index in [9.17, 15) is 5.11 Å². The normalized spacial score (nSPS) is 30.2. The van der Waals surface area contributed by atoms with Gasteiger partial charge in [-0.05, 0) is 29.7 Å². The van der Waals surface area contributed by atoms with Crippen LogP contribution in [-0.2, 0) is 0 Å². The van der Waals surface area contributed by atoms with E-state index in [0.29, 0.717) is 11.8 Å².